The summed E-state index contributed by atoms with van der Waals surface area (Å²) in [4.78, 5) is 0. The largest absolute Gasteiger partial charge is 0.462 e. The topological polar surface area (TPSA) is 23.0 Å². The van der Waals surface area contributed by atoms with E-state index in [9.17, 15) is 0 Å². The highest BCUT2D eigenvalue weighted by Crippen LogP contribution is 2.48. The summed E-state index contributed by atoms with van der Waals surface area (Å²) in [6, 6.07) is 52.2. The van der Waals surface area contributed by atoms with Crippen LogP contribution in [0.2, 0.25) is 0 Å². The predicted molar refractivity (Wildman–Crippen MR) is 235 cm³/mol. The van der Waals surface area contributed by atoms with Crippen molar-refractivity contribution in [3.8, 4) is 11.4 Å². The van der Waals surface area contributed by atoms with Crippen LogP contribution in [0.3, 0.4) is 0 Å². The van der Waals surface area contributed by atoms with Crippen molar-refractivity contribution in [1.82, 2.24) is 9.13 Å². The average Bonchev–Trinajstić information content (AvgIpc) is 4.04. The lowest BCUT2D eigenvalue weighted by atomic mass is 9.37. The molecule has 0 unspecified atom stereocenters. The molecule has 0 amide bonds. The molecule has 250 valence electrons. The van der Waals surface area contributed by atoms with Crippen molar-refractivity contribution in [2.45, 2.75) is 0 Å². The average molecular weight is 713 g/mol. The van der Waals surface area contributed by atoms with E-state index in [1.165, 1.54) is 124 Å². The Kier molecular flexibility index (Phi) is 4.68. The van der Waals surface area contributed by atoms with Gasteiger partial charge in [-0.25, -0.2) is 0 Å². The van der Waals surface area contributed by atoms with Crippen molar-refractivity contribution < 1.29 is 4.42 Å². The first kappa shape index (κ1) is 27.7. The van der Waals surface area contributed by atoms with Crippen LogP contribution in [0.1, 0.15) is 0 Å². The smallest absolute Gasteiger partial charge is 0.264 e. The molecule has 55 heavy (non-hydrogen) atoms. The Hall–Kier alpha value is -6.82. The Labute approximate surface area is 316 Å². The normalized spacial score (nSPS) is 13.4. The molecule has 15 rings (SSSR count). The van der Waals surface area contributed by atoms with Crippen molar-refractivity contribution >= 4 is 142 Å². The number of hydrogen-bond acceptors (Lipinski definition) is 2. The van der Waals surface area contributed by atoms with Gasteiger partial charge >= 0.3 is 0 Å². The standard InChI is InChI=1S/C50H25BN2OS/c1-3-14-30-26(10-1)29-13-6-8-17-33(29)43-34(30)20-21-35-37-25-55-50-47(37)53(46(35)43)40-19-9-18-39-45(40)51(50)38-24-36-31-15-4-2-11-27(31)28-12-5-7-16-32(28)42(36)44-48(38)52(39)41-22-23-54-49(41)44/h1-25H. The minimum absolute atomic E-state index is 0.0815. The molecule has 0 saturated heterocycles. The monoisotopic (exact) mass is 712 g/mol. The fourth-order valence-corrected chi connectivity index (χ4v) is 12.4. The van der Waals surface area contributed by atoms with Crippen LogP contribution in [0.4, 0.5) is 0 Å². The van der Waals surface area contributed by atoms with Gasteiger partial charge in [0.2, 0.25) is 0 Å². The summed E-state index contributed by atoms with van der Waals surface area (Å²) in [6.07, 6.45) is 1.87. The number of benzene rings is 9. The molecule has 0 atom stereocenters. The van der Waals surface area contributed by atoms with Crippen molar-refractivity contribution in [3.63, 3.8) is 0 Å². The molecule has 0 radical (unpaired) electrons. The number of hydrogen-bond donors (Lipinski definition) is 0. The van der Waals surface area contributed by atoms with E-state index >= 15 is 0 Å². The van der Waals surface area contributed by atoms with Crippen molar-refractivity contribution in [1.29, 1.82) is 0 Å². The summed E-state index contributed by atoms with van der Waals surface area (Å²) in [5, 5.41) is 21.8. The van der Waals surface area contributed by atoms with E-state index < -0.39 is 0 Å². The van der Waals surface area contributed by atoms with Gasteiger partial charge in [0.1, 0.15) is 0 Å². The van der Waals surface area contributed by atoms with Crippen LogP contribution in [0.15, 0.2) is 156 Å². The van der Waals surface area contributed by atoms with Crippen molar-refractivity contribution in [3.05, 3.63) is 151 Å². The van der Waals surface area contributed by atoms with E-state index in [-0.39, 0.29) is 6.71 Å². The molecule has 0 fully saturated rings. The quantitative estimate of drug-likeness (QED) is 0.113. The first-order chi connectivity index (χ1) is 27.3. The molecule has 2 aliphatic heterocycles. The Morgan fingerprint density at radius 1 is 0.436 bits per heavy atom. The number of rotatable bonds is 0. The second-order valence-electron chi connectivity index (χ2n) is 15.5. The van der Waals surface area contributed by atoms with Crippen LogP contribution in [0.5, 0.6) is 0 Å². The van der Waals surface area contributed by atoms with Crippen LogP contribution >= 0.6 is 11.3 Å². The second kappa shape index (κ2) is 9.27. The number of aromatic nitrogens is 2. The molecule has 5 heteroatoms. The zero-order valence-electron chi connectivity index (χ0n) is 29.2. The maximum Gasteiger partial charge on any atom is 0.264 e. The summed E-state index contributed by atoms with van der Waals surface area (Å²) in [5.74, 6) is 0. The summed E-state index contributed by atoms with van der Waals surface area (Å²) in [6.45, 7) is 0.0815. The fourth-order valence-electron chi connectivity index (χ4n) is 11.2. The van der Waals surface area contributed by atoms with Gasteiger partial charge in [-0.1, -0.05) is 121 Å². The molecule has 13 aromatic rings. The van der Waals surface area contributed by atoms with E-state index in [4.69, 9.17) is 4.42 Å². The van der Waals surface area contributed by atoms with Crippen LogP contribution in [0, 0.1) is 0 Å². The van der Waals surface area contributed by atoms with Gasteiger partial charge in [0.05, 0.1) is 33.7 Å². The fraction of sp³-hybridized carbons (Fsp3) is 0. The molecule has 0 saturated carbocycles. The van der Waals surface area contributed by atoms with Crippen molar-refractivity contribution in [2.24, 2.45) is 0 Å². The van der Waals surface area contributed by atoms with E-state index in [2.05, 4.69) is 154 Å². The van der Waals surface area contributed by atoms with E-state index in [0.29, 0.717) is 0 Å². The molecule has 0 spiro atoms. The van der Waals surface area contributed by atoms with Crippen LogP contribution in [-0.4, -0.2) is 15.8 Å². The highest BCUT2D eigenvalue weighted by atomic mass is 32.1. The Balaban J connectivity index is 1.18. The molecule has 3 nitrogen and oxygen atoms in total. The molecule has 2 aliphatic rings. The van der Waals surface area contributed by atoms with Gasteiger partial charge in [-0.2, -0.15) is 11.3 Å². The van der Waals surface area contributed by atoms with Gasteiger partial charge in [0.15, 0.2) is 5.58 Å². The molecule has 9 aromatic carbocycles. The Morgan fingerprint density at radius 3 is 1.69 bits per heavy atom. The van der Waals surface area contributed by atoms with Gasteiger partial charge < -0.3 is 13.6 Å². The maximum atomic E-state index is 6.54. The van der Waals surface area contributed by atoms with Gasteiger partial charge in [-0.05, 0) is 76.9 Å². The number of thiophene rings is 1. The zero-order chi connectivity index (χ0) is 35.3. The number of nitrogens with zero attached hydrogens (tertiary/aromatic N) is 2. The van der Waals surface area contributed by atoms with Gasteiger partial charge in [-0.3, -0.25) is 0 Å². The van der Waals surface area contributed by atoms with Gasteiger partial charge in [-0.15, -0.1) is 0 Å². The Morgan fingerprint density at radius 2 is 1.00 bits per heavy atom. The molecular weight excluding hydrogens is 687 g/mol. The van der Waals surface area contributed by atoms with E-state index in [1.807, 2.05) is 17.6 Å². The predicted octanol–water partition coefficient (Wildman–Crippen LogP) is 11.6. The van der Waals surface area contributed by atoms with Crippen LogP contribution < -0.4 is 15.7 Å². The lowest BCUT2D eigenvalue weighted by molar-refractivity contribution is 0.619. The second-order valence-corrected chi connectivity index (χ2v) is 16.4. The first-order valence-electron chi connectivity index (χ1n) is 19.0. The van der Waals surface area contributed by atoms with Crippen molar-refractivity contribution in [2.75, 3.05) is 0 Å². The number of furan rings is 1. The highest BCUT2D eigenvalue weighted by molar-refractivity contribution is 7.29. The third kappa shape index (κ3) is 3.00. The van der Waals surface area contributed by atoms with Crippen LogP contribution in [0.25, 0.3) is 120 Å². The molecule has 0 bridgehead atoms. The molecular formula is C50H25BN2OS. The van der Waals surface area contributed by atoms with Gasteiger partial charge in [0, 0.05) is 49.1 Å². The van der Waals surface area contributed by atoms with Crippen LogP contribution in [-0.2, 0) is 0 Å². The SMILES string of the molecule is c1cc2c3c(c1)-n1c4c(scc4c4ccc5c6ccccc6c6ccccc6c5c41)B3c1cc3c4ccccc4c4ccccc4c3c3c4occc4n-2c13. The third-order valence-corrected chi connectivity index (χ3v) is 14.2. The highest BCUT2D eigenvalue weighted by Gasteiger charge is 2.43. The van der Waals surface area contributed by atoms with Gasteiger partial charge in [0.25, 0.3) is 6.71 Å². The minimum atomic E-state index is 0.0815. The lowest BCUT2D eigenvalue weighted by Crippen LogP contribution is -2.58. The molecule has 6 heterocycles. The summed E-state index contributed by atoms with van der Waals surface area (Å²) in [7, 11) is 0. The minimum Gasteiger partial charge on any atom is -0.462 e. The summed E-state index contributed by atoms with van der Waals surface area (Å²) < 4.78 is 13.1. The third-order valence-electron chi connectivity index (χ3n) is 13.2. The zero-order valence-corrected chi connectivity index (χ0v) is 30.0. The van der Waals surface area contributed by atoms with E-state index in [0.717, 1.165) is 11.1 Å². The van der Waals surface area contributed by atoms with E-state index in [1.54, 1.807) is 0 Å². The first-order valence-corrected chi connectivity index (χ1v) is 19.9. The maximum absolute atomic E-state index is 6.54. The molecule has 4 aromatic heterocycles. The lowest BCUT2D eigenvalue weighted by Gasteiger charge is -2.32. The summed E-state index contributed by atoms with van der Waals surface area (Å²) in [5.41, 5.74) is 11.2. The Bertz CT molecular complexity index is 3930. The summed E-state index contributed by atoms with van der Waals surface area (Å²) >= 11 is 1.93. The molecule has 0 aliphatic carbocycles. The molecule has 0 N–H and O–H groups in total. The number of fused-ring (bicyclic) bond motifs is 24.